The summed E-state index contributed by atoms with van der Waals surface area (Å²) in [5, 5.41) is 13.2. The Balaban J connectivity index is 1.80. The molecular weight excluding hydrogens is 334 g/mol. The van der Waals surface area contributed by atoms with Crippen LogP contribution >= 0.6 is 11.3 Å². The average molecular weight is 349 g/mol. The molecule has 1 atom stereocenters. The van der Waals surface area contributed by atoms with Gasteiger partial charge in [-0.25, -0.2) is 19.7 Å². The summed E-state index contributed by atoms with van der Waals surface area (Å²) in [7, 11) is 0. The topological polar surface area (TPSA) is 111 Å². The highest BCUT2D eigenvalue weighted by Crippen LogP contribution is 2.36. The van der Waals surface area contributed by atoms with Gasteiger partial charge in [-0.2, -0.15) is 0 Å². The van der Waals surface area contributed by atoms with Gasteiger partial charge in [0.25, 0.3) is 0 Å². The fraction of sp³-hybridized carbons (Fsp3) is 0.429. The van der Waals surface area contributed by atoms with Crippen molar-refractivity contribution in [2.45, 2.75) is 25.8 Å². The van der Waals surface area contributed by atoms with Gasteiger partial charge in [0.15, 0.2) is 5.69 Å². The molecule has 2 aromatic heterocycles. The van der Waals surface area contributed by atoms with Crippen molar-refractivity contribution in [1.29, 1.82) is 0 Å². The van der Waals surface area contributed by atoms with Gasteiger partial charge in [0.05, 0.1) is 17.6 Å². The van der Waals surface area contributed by atoms with Crippen LogP contribution in [0, 0.1) is 10.1 Å². The summed E-state index contributed by atoms with van der Waals surface area (Å²) in [6.07, 6.45) is 4.18. The number of carbonyl (C=O) groups is 1. The van der Waals surface area contributed by atoms with Gasteiger partial charge in [-0.1, -0.05) is 0 Å². The van der Waals surface area contributed by atoms with Crippen LogP contribution in [0.1, 0.15) is 41.3 Å². The van der Waals surface area contributed by atoms with Crippen LogP contribution in [0.3, 0.4) is 0 Å². The smallest absolute Gasteiger partial charge is 0.357 e. The van der Waals surface area contributed by atoms with E-state index in [2.05, 4.69) is 15.0 Å². The molecule has 0 N–H and O–H groups in total. The predicted octanol–water partition coefficient (Wildman–Crippen LogP) is 2.36. The Labute approximate surface area is 141 Å². The molecule has 0 aliphatic carbocycles. The summed E-state index contributed by atoms with van der Waals surface area (Å²) >= 11 is 1.39. The molecule has 0 radical (unpaired) electrons. The number of aromatic nitrogens is 3. The molecule has 10 heteroatoms. The molecule has 1 fully saturated rings. The number of hydrogen-bond acceptors (Lipinski definition) is 9. The molecule has 3 rings (SSSR count). The molecule has 0 aromatic carbocycles. The van der Waals surface area contributed by atoms with Crippen LogP contribution in [0.5, 0.6) is 0 Å². The van der Waals surface area contributed by atoms with Crippen molar-refractivity contribution >= 4 is 28.9 Å². The second-order valence-electron chi connectivity index (χ2n) is 5.14. The van der Waals surface area contributed by atoms with Crippen molar-refractivity contribution in [3.05, 3.63) is 38.6 Å². The maximum atomic E-state index is 11.7. The fourth-order valence-corrected chi connectivity index (χ4v) is 3.49. The van der Waals surface area contributed by atoms with Crippen molar-refractivity contribution in [2.24, 2.45) is 0 Å². The van der Waals surface area contributed by atoms with Crippen molar-refractivity contribution < 1.29 is 14.5 Å². The van der Waals surface area contributed by atoms with Crippen LogP contribution in [0.15, 0.2) is 17.8 Å². The Morgan fingerprint density at radius 1 is 1.50 bits per heavy atom. The Bertz CT molecular complexity index is 748. The average Bonchev–Trinajstić information content (AvgIpc) is 3.24. The molecule has 1 aliphatic heterocycles. The molecule has 126 valence electrons. The molecule has 9 nitrogen and oxygen atoms in total. The first-order valence-corrected chi connectivity index (χ1v) is 8.33. The highest BCUT2D eigenvalue weighted by molar-refractivity contribution is 7.10. The number of nitro groups is 1. The van der Waals surface area contributed by atoms with Gasteiger partial charge in [-0.05, 0) is 19.8 Å². The van der Waals surface area contributed by atoms with Gasteiger partial charge in [-0.15, -0.1) is 11.3 Å². The minimum Gasteiger partial charge on any atom is -0.461 e. The standard InChI is InChI=1S/C14H15N5O4S/c1-2-23-13(20)10-8-24-12(17-10)11-4-3-5-18(11)14-15-6-9(7-16-14)19(21)22/h6-8,11H,2-5H2,1H3. The quantitative estimate of drug-likeness (QED) is 0.459. The van der Waals surface area contributed by atoms with Gasteiger partial charge in [0.1, 0.15) is 17.4 Å². The summed E-state index contributed by atoms with van der Waals surface area (Å²) in [6, 6.07) is -0.0420. The van der Waals surface area contributed by atoms with E-state index in [0.29, 0.717) is 18.2 Å². The van der Waals surface area contributed by atoms with E-state index in [9.17, 15) is 14.9 Å². The predicted molar refractivity (Wildman–Crippen MR) is 86.1 cm³/mol. The second-order valence-corrected chi connectivity index (χ2v) is 6.03. The number of hydrogen-bond donors (Lipinski definition) is 0. The number of rotatable bonds is 5. The van der Waals surface area contributed by atoms with Crippen LogP contribution in [-0.2, 0) is 4.74 Å². The van der Waals surface area contributed by atoms with Crippen LogP contribution < -0.4 is 4.90 Å². The summed E-state index contributed by atoms with van der Waals surface area (Å²) in [4.78, 5) is 36.4. The zero-order valence-corrected chi connectivity index (χ0v) is 13.7. The van der Waals surface area contributed by atoms with Gasteiger partial charge in [0.2, 0.25) is 5.95 Å². The number of ether oxygens (including phenoxy) is 1. The highest BCUT2D eigenvalue weighted by atomic mass is 32.1. The fourth-order valence-electron chi connectivity index (χ4n) is 2.56. The van der Waals surface area contributed by atoms with E-state index < -0.39 is 10.9 Å². The normalized spacial score (nSPS) is 17.0. The molecule has 1 saturated heterocycles. The third-order valence-electron chi connectivity index (χ3n) is 3.64. The lowest BCUT2D eigenvalue weighted by molar-refractivity contribution is -0.385. The summed E-state index contributed by atoms with van der Waals surface area (Å²) < 4.78 is 4.95. The summed E-state index contributed by atoms with van der Waals surface area (Å²) in [6.45, 7) is 2.78. The maximum absolute atomic E-state index is 11.7. The molecule has 2 aromatic rings. The number of thiazole rings is 1. The molecule has 0 amide bonds. The maximum Gasteiger partial charge on any atom is 0.357 e. The van der Waals surface area contributed by atoms with E-state index in [1.807, 2.05) is 4.90 Å². The number of nitrogens with zero attached hydrogens (tertiary/aromatic N) is 5. The first kappa shape index (κ1) is 16.2. The van der Waals surface area contributed by atoms with Crippen molar-refractivity contribution in [3.8, 4) is 0 Å². The number of anilines is 1. The van der Waals surface area contributed by atoms with Crippen LogP contribution in [0.25, 0.3) is 0 Å². The first-order chi connectivity index (χ1) is 11.6. The molecule has 0 bridgehead atoms. The molecule has 1 unspecified atom stereocenters. The van der Waals surface area contributed by atoms with Crippen molar-refractivity contribution in [1.82, 2.24) is 15.0 Å². The monoisotopic (exact) mass is 349 g/mol. The molecular formula is C14H15N5O4S. The SMILES string of the molecule is CCOC(=O)c1csc(C2CCCN2c2ncc([N+](=O)[O-])cn2)n1. The lowest BCUT2D eigenvalue weighted by atomic mass is 10.2. The van der Waals surface area contributed by atoms with E-state index in [-0.39, 0.29) is 11.7 Å². The van der Waals surface area contributed by atoms with Crippen LogP contribution in [0.4, 0.5) is 11.6 Å². The van der Waals surface area contributed by atoms with Gasteiger partial charge in [0, 0.05) is 11.9 Å². The Hall–Kier alpha value is -2.62. The van der Waals surface area contributed by atoms with Gasteiger partial charge >= 0.3 is 11.7 Å². The lowest BCUT2D eigenvalue weighted by Crippen LogP contribution is -2.24. The summed E-state index contributed by atoms with van der Waals surface area (Å²) in [5.74, 6) is -0.00730. The van der Waals surface area contributed by atoms with Gasteiger partial charge < -0.3 is 9.64 Å². The minimum absolute atomic E-state index is 0.0420. The van der Waals surface area contributed by atoms with Crippen molar-refractivity contribution in [3.63, 3.8) is 0 Å². The van der Waals surface area contributed by atoms with E-state index in [4.69, 9.17) is 4.74 Å². The first-order valence-electron chi connectivity index (χ1n) is 7.45. The van der Waals surface area contributed by atoms with E-state index >= 15 is 0 Å². The third kappa shape index (κ3) is 3.18. The molecule has 24 heavy (non-hydrogen) atoms. The summed E-state index contributed by atoms with van der Waals surface area (Å²) in [5.41, 5.74) is 0.154. The van der Waals surface area contributed by atoms with E-state index in [1.165, 1.54) is 23.7 Å². The molecule has 0 saturated carbocycles. The van der Waals surface area contributed by atoms with Crippen LogP contribution in [-0.4, -0.2) is 39.0 Å². The van der Waals surface area contributed by atoms with Gasteiger partial charge in [-0.3, -0.25) is 10.1 Å². The third-order valence-corrected chi connectivity index (χ3v) is 4.58. The zero-order valence-electron chi connectivity index (χ0n) is 12.9. The highest BCUT2D eigenvalue weighted by Gasteiger charge is 2.31. The van der Waals surface area contributed by atoms with E-state index in [1.54, 1.807) is 12.3 Å². The largest absolute Gasteiger partial charge is 0.461 e. The Morgan fingerprint density at radius 3 is 2.92 bits per heavy atom. The lowest BCUT2D eigenvalue weighted by Gasteiger charge is -2.22. The Kier molecular flexibility index (Phi) is 4.65. The Morgan fingerprint density at radius 2 is 2.25 bits per heavy atom. The number of carbonyl (C=O) groups excluding carboxylic acids is 1. The van der Waals surface area contributed by atoms with E-state index in [0.717, 1.165) is 24.4 Å². The zero-order chi connectivity index (χ0) is 17.1. The molecule has 1 aliphatic rings. The van der Waals surface area contributed by atoms with Crippen LogP contribution in [0.2, 0.25) is 0 Å². The second kappa shape index (κ2) is 6.87. The van der Waals surface area contributed by atoms with Crippen molar-refractivity contribution in [2.75, 3.05) is 18.1 Å². The molecule has 3 heterocycles. The molecule has 0 spiro atoms. The minimum atomic E-state index is -0.530. The number of esters is 1.